The molecule has 4 nitrogen and oxygen atoms in total. The lowest BCUT2D eigenvalue weighted by atomic mass is 10.1. The second kappa shape index (κ2) is 4.65. The Bertz CT molecular complexity index is 354. The van der Waals surface area contributed by atoms with Gasteiger partial charge in [0.1, 0.15) is 11.3 Å². The van der Waals surface area contributed by atoms with Gasteiger partial charge < -0.3 is 15.6 Å². The number of aromatic carboxylic acids is 1. The summed E-state index contributed by atoms with van der Waals surface area (Å²) < 4.78 is 4.71. The number of hydrogen-bond acceptors (Lipinski definition) is 3. The quantitative estimate of drug-likeness (QED) is 0.661. The third-order valence-corrected chi connectivity index (χ3v) is 1.86. The van der Waals surface area contributed by atoms with Gasteiger partial charge in [-0.1, -0.05) is 6.07 Å². The first-order valence-electron chi connectivity index (χ1n) is 3.59. The van der Waals surface area contributed by atoms with Gasteiger partial charge in [-0.2, -0.15) is 0 Å². The minimum Gasteiger partial charge on any atom is -0.477 e. The van der Waals surface area contributed by atoms with Gasteiger partial charge in [0.2, 0.25) is 3.92 Å². The first-order valence-corrected chi connectivity index (χ1v) is 5.42. The van der Waals surface area contributed by atoms with E-state index in [1.807, 2.05) is 0 Å². The van der Waals surface area contributed by atoms with E-state index in [0.29, 0.717) is 0 Å². The fraction of sp³-hybridized carbons (Fsp3) is 0.125. The molecule has 0 spiro atoms. The molecule has 0 aliphatic heterocycles. The average molecular weight is 325 g/mol. The van der Waals surface area contributed by atoms with E-state index in [9.17, 15) is 4.79 Å². The summed E-state index contributed by atoms with van der Waals surface area (Å²) in [7, 11) is 0. The predicted molar refractivity (Wildman–Crippen MR) is 60.1 cm³/mol. The predicted octanol–water partition coefficient (Wildman–Crippen LogP) is 2.42. The Kier molecular flexibility index (Phi) is 3.77. The van der Waals surface area contributed by atoms with Gasteiger partial charge in [0, 0.05) is 5.69 Å². The van der Waals surface area contributed by atoms with Crippen LogP contribution in [0.15, 0.2) is 18.2 Å². The first kappa shape index (κ1) is 11.3. The molecule has 0 aliphatic rings. The van der Waals surface area contributed by atoms with Crippen molar-refractivity contribution in [2.75, 3.05) is 5.73 Å². The van der Waals surface area contributed by atoms with Crippen molar-refractivity contribution in [3.8, 4) is 5.75 Å². The summed E-state index contributed by atoms with van der Waals surface area (Å²) in [5, 5.41) is 8.87. The number of nitrogen functional groups attached to an aromatic ring is 1. The van der Waals surface area contributed by atoms with Crippen LogP contribution in [-0.2, 0) is 0 Å². The highest BCUT2D eigenvalue weighted by Crippen LogP contribution is 2.27. The van der Waals surface area contributed by atoms with Gasteiger partial charge in [-0.25, -0.2) is 4.79 Å². The van der Waals surface area contributed by atoms with Gasteiger partial charge in [0.25, 0.3) is 0 Å². The van der Waals surface area contributed by atoms with Crippen molar-refractivity contribution in [3.63, 3.8) is 0 Å². The number of halogens is 2. The Morgan fingerprint density at radius 3 is 2.64 bits per heavy atom. The lowest BCUT2D eigenvalue weighted by Crippen LogP contribution is -2.08. The molecule has 0 atom stereocenters. The summed E-state index contributed by atoms with van der Waals surface area (Å²) in [6, 6.07) is 4.67. The number of anilines is 1. The van der Waals surface area contributed by atoms with Gasteiger partial charge in [-0.05, 0) is 44.0 Å². The Balaban J connectivity index is 3.14. The van der Waals surface area contributed by atoms with E-state index in [2.05, 4.69) is 31.9 Å². The minimum atomic E-state index is -1.11. The molecule has 1 rings (SSSR count). The molecule has 0 radical (unpaired) electrons. The van der Waals surface area contributed by atoms with Crippen molar-refractivity contribution in [1.29, 1.82) is 0 Å². The van der Waals surface area contributed by atoms with Crippen LogP contribution in [0.3, 0.4) is 0 Å². The van der Waals surface area contributed by atoms with Crippen LogP contribution in [0, 0.1) is 0 Å². The fourth-order valence-electron chi connectivity index (χ4n) is 0.971. The van der Waals surface area contributed by atoms with Crippen molar-refractivity contribution in [1.82, 2.24) is 0 Å². The maximum Gasteiger partial charge on any atom is 0.341 e. The third kappa shape index (κ3) is 2.62. The molecule has 76 valence electrons. The number of rotatable bonds is 3. The number of nitrogens with two attached hydrogens (primary N) is 1. The molecule has 6 heteroatoms. The molecule has 0 bridgehead atoms. The van der Waals surface area contributed by atoms with Crippen molar-refractivity contribution < 1.29 is 14.6 Å². The van der Waals surface area contributed by atoms with Gasteiger partial charge in [-0.15, -0.1) is 0 Å². The Labute approximate surface area is 97.3 Å². The fourth-order valence-corrected chi connectivity index (χ4v) is 1.37. The zero-order chi connectivity index (χ0) is 10.7. The number of alkyl halides is 2. The summed E-state index contributed by atoms with van der Waals surface area (Å²) >= 11 is 6.16. The summed E-state index contributed by atoms with van der Waals surface area (Å²) in [6.45, 7) is 0. The molecular weight excluding hydrogens is 318 g/mol. The van der Waals surface area contributed by atoms with Crippen molar-refractivity contribution in [2.24, 2.45) is 0 Å². The Morgan fingerprint density at radius 2 is 2.14 bits per heavy atom. The van der Waals surface area contributed by atoms with Gasteiger partial charge in [0.05, 0.1) is 0 Å². The number of ether oxygens (including phenoxy) is 1. The molecule has 0 fully saturated rings. The largest absolute Gasteiger partial charge is 0.477 e. The van der Waals surface area contributed by atoms with Crippen LogP contribution in [0.4, 0.5) is 5.69 Å². The second-order valence-corrected chi connectivity index (χ2v) is 5.30. The van der Waals surface area contributed by atoms with Gasteiger partial charge >= 0.3 is 5.97 Å². The molecule has 0 amide bonds. The van der Waals surface area contributed by atoms with E-state index in [-0.39, 0.29) is 17.0 Å². The van der Waals surface area contributed by atoms with Crippen LogP contribution < -0.4 is 10.5 Å². The molecule has 0 aliphatic carbocycles. The first-order chi connectivity index (χ1) is 6.52. The van der Waals surface area contributed by atoms with Gasteiger partial charge in [-0.3, -0.25) is 0 Å². The standard InChI is InChI=1S/C8H7Br2NO3/c9-8(10)14-5-3-1-2-4(11)6(5)7(12)13/h1-3,8H,11H2,(H,12,13). The summed E-state index contributed by atoms with van der Waals surface area (Å²) in [4.78, 5) is 10.8. The van der Waals surface area contributed by atoms with E-state index in [1.54, 1.807) is 6.07 Å². The summed E-state index contributed by atoms with van der Waals surface area (Å²) in [6.07, 6.45) is 0. The van der Waals surface area contributed by atoms with Crippen LogP contribution in [0.2, 0.25) is 0 Å². The highest BCUT2D eigenvalue weighted by Gasteiger charge is 2.16. The number of carboxylic acids is 1. The molecule has 3 N–H and O–H groups in total. The second-order valence-electron chi connectivity index (χ2n) is 2.40. The Hall–Kier alpha value is -0.750. The lowest BCUT2D eigenvalue weighted by molar-refractivity contribution is 0.0694. The number of carbonyl (C=O) groups is 1. The molecule has 14 heavy (non-hydrogen) atoms. The molecular formula is C8H7Br2NO3. The molecule has 0 aromatic heterocycles. The normalized spacial score (nSPS) is 10.2. The molecule has 0 saturated carbocycles. The number of carboxylic acid groups (broad SMARTS) is 1. The van der Waals surface area contributed by atoms with Crippen LogP contribution in [0.5, 0.6) is 5.75 Å². The van der Waals surface area contributed by atoms with E-state index in [1.165, 1.54) is 12.1 Å². The third-order valence-electron chi connectivity index (χ3n) is 1.49. The molecule has 1 aromatic rings. The van der Waals surface area contributed by atoms with Crippen molar-refractivity contribution >= 4 is 43.5 Å². The smallest absolute Gasteiger partial charge is 0.341 e. The molecule has 0 unspecified atom stereocenters. The van der Waals surface area contributed by atoms with Crippen molar-refractivity contribution in [3.05, 3.63) is 23.8 Å². The molecule has 0 heterocycles. The highest BCUT2D eigenvalue weighted by atomic mass is 79.9. The monoisotopic (exact) mass is 323 g/mol. The maximum absolute atomic E-state index is 10.8. The van der Waals surface area contributed by atoms with Crippen LogP contribution in [-0.4, -0.2) is 15.0 Å². The van der Waals surface area contributed by atoms with E-state index < -0.39 is 9.89 Å². The summed E-state index contributed by atoms with van der Waals surface area (Å²) in [5.41, 5.74) is 5.65. The van der Waals surface area contributed by atoms with Crippen LogP contribution in [0.25, 0.3) is 0 Å². The lowest BCUT2D eigenvalue weighted by Gasteiger charge is -2.10. The van der Waals surface area contributed by atoms with E-state index >= 15 is 0 Å². The van der Waals surface area contributed by atoms with E-state index in [4.69, 9.17) is 15.6 Å². The molecule has 1 aromatic carbocycles. The Morgan fingerprint density at radius 1 is 1.50 bits per heavy atom. The zero-order valence-corrected chi connectivity index (χ0v) is 10.1. The van der Waals surface area contributed by atoms with Crippen LogP contribution >= 0.6 is 31.9 Å². The van der Waals surface area contributed by atoms with Gasteiger partial charge in [0.15, 0.2) is 0 Å². The SMILES string of the molecule is Nc1cccc(OC(Br)Br)c1C(=O)O. The highest BCUT2D eigenvalue weighted by molar-refractivity contribution is 9.24. The molecule has 0 saturated heterocycles. The van der Waals surface area contributed by atoms with E-state index in [0.717, 1.165) is 0 Å². The topological polar surface area (TPSA) is 72.5 Å². The number of hydrogen-bond donors (Lipinski definition) is 2. The average Bonchev–Trinajstić information content (AvgIpc) is 2.01. The van der Waals surface area contributed by atoms with Crippen molar-refractivity contribution in [2.45, 2.75) is 3.92 Å². The maximum atomic E-state index is 10.8. The summed E-state index contributed by atoms with van der Waals surface area (Å²) in [5.74, 6) is -0.894. The minimum absolute atomic E-state index is 0.0311. The number of benzene rings is 1. The van der Waals surface area contributed by atoms with Crippen LogP contribution in [0.1, 0.15) is 10.4 Å². The zero-order valence-electron chi connectivity index (χ0n) is 6.91.